The lowest BCUT2D eigenvalue weighted by atomic mass is 10.5. The summed E-state index contributed by atoms with van der Waals surface area (Å²) in [6.07, 6.45) is 3.01. The summed E-state index contributed by atoms with van der Waals surface area (Å²) < 4.78 is 9.98. The Kier molecular flexibility index (Phi) is 2.29. The molecule has 0 amide bonds. The van der Waals surface area contributed by atoms with E-state index in [1.54, 1.807) is 18.2 Å². The number of ether oxygens (including phenoxy) is 1. The second kappa shape index (κ2) is 3.60. The van der Waals surface area contributed by atoms with E-state index in [9.17, 15) is 4.79 Å². The van der Waals surface area contributed by atoms with E-state index in [1.165, 1.54) is 17.8 Å². The zero-order chi connectivity index (χ0) is 9.97. The highest BCUT2D eigenvalue weighted by molar-refractivity contribution is 7.99. The Morgan fingerprint density at radius 1 is 1.50 bits per heavy atom. The van der Waals surface area contributed by atoms with Gasteiger partial charge < -0.3 is 9.15 Å². The normalized spacial score (nSPS) is 19.4. The van der Waals surface area contributed by atoms with Crippen molar-refractivity contribution in [3.05, 3.63) is 30.0 Å². The number of hydrogen-bond acceptors (Lipinski definition) is 5. The highest BCUT2D eigenvalue weighted by Crippen LogP contribution is 2.28. The van der Waals surface area contributed by atoms with Gasteiger partial charge in [0.2, 0.25) is 5.76 Å². The maximum Gasteiger partial charge on any atom is 0.332 e. The van der Waals surface area contributed by atoms with Gasteiger partial charge in [0, 0.05) is 6.08 Å². The third kappa shape index (κ3) is 1.80. The van der Waals surface area contributed by atoms with Crippen LogP contribution in [-0.4, -0.2) is 11.4 Å². The summed E-state index contributed by atoms with van der Waals surface area (Å²) in [5.74, 6) is -0.102. The van der Waals surface area contributed by atoms with E-state index in [4.69, 9.17) is 14.4 Å². The molecule has 1 atom stereocenters. The SMILES string of the molecule is N#Cc1ccc(SC2C=CC(=O)O2)o1. The van der Waals surface area contributed by atoms with Gasteiger partial charge >= 0.3 is 5.97 Å². The van der Waals surface area contributed by atoms with Crippen LogP contribution in [0.25, 0.3) is 0 Å². The lowest BCUT2D eigenvalue weighted by Crippen LogP contribution is -2.01. The molecule has 4 nitrogen and oxygen atoms in total. The van der Waals surface area contributed by atoms with E-state index in [0.717, 1.165) is 0 Å². The van der Waals surface area contributed by atoms with Crippen molar-refractivity contribution >= 4 is 17.7 Å². The second-order valence-corrected chi connectivity index (χ2v) is 3.62. The Morgan fingerprint density at radius 2 is 2.36 bits per heavy atom. The van der Waals surface area contributed by atoms with Gasteiger partial charge in [0.25, 0.3) is 0 Å². The van der Waals surface area contributed by atoms with Crippen molar-refractivity contribution in [3.63, 3.8) is 0 Å². The van der Waals surface area contributed by atoms with Gasteiger partial charge in [-0.05, 0) is 30.0 Å². The molecule has 0 bridgehead atoms. The van der Waals surface area contributed by atoms with Crippen molar-refractivity contribution in [1.82, 2.24) is 0 Å². The summed E-state index contributed by atoms with van der Waals surface area (Å²) in [6, 6.07) is 5.12. The Balaban J connectivity index is 2.02. The Labute approximate surface area is 84.1 Å². The fraction of sp³-hybridized carbons (Fsp3) is 0.111. The summed E-state index contributed by atoms with van der Waals surface area (Å²) in [5.41, 5.74) is -0.347. The molecule has 1 unspecified atom stereocenters. The molecule has 2 heterocycles. The Morgan fingerprint density at radius 3 is 2.93 bits per heavy atom. The molecule has 0 aromatic carbocycles. The number of hydrogen-bond donors (Lipinski definition) is 0. The molecule has 70 valence electrons. The van der Waals surface area contributed by atoms with Gasteiger partial charge in [-0.1, -0.05) is 0 Å². The van der Waals surface area contributed by atoms with Crippen LogP contribution < -0.4 is 0 Å². The summed E-state index contributed by atoms with van der Waals surface area (Å²) in [5, 5.41) is 9.06. The first-order valence-corrected chi connectivity index (χ1v) is 4.71. The second-order valence-electron chi connectivity index (χ2n) is 2.51. The number of carbonyl (C=O) groups is 1. The van der Waals surface area contributed by atoms with Crippen LogP contribution in [0.15, 0.2) is 33.8 Å². The monoisotopic (exact) mass is 207 g/mol. The van der Waals surface area contributed by atoms with Gasteiger partial charge in [-0.25, -0.2) is 4.79 Å². The molecular formula is C9H5NO3S. The minimum absolute atomic E-state index is 0.251. The van der Waals surface area contributed by atoms with Crippen LogP contribution in [0.4, 0.5) is 0 Å². The maximum absolute atomic E-state index is 10.7. The van der Waals surface area contributed by atoms with E-state index in [2.05, 4.69) is 0 Å². The van der Waals surface area contributed by atoms with Crippen LogP contribution in [0, 0.1) is 11.3 Å². The predicted octanol–water partition coefficient (Wildman–Crippen LogP) is 1.68. The lowest BCUT2D eigenvalue weighted by Gasteiger charge is -2.03. The molecule has 1 aromatic heterocycles. The van der Waals surface area contributed by atoms with E-state index >= 15 is 0 Å². The average molecular weight is 207 g/mol. The first-order chi connectivity index (χ1) is 6.78. The Bertz CT molecular complexity index is 430. The molecular weight excluding hydrogens is 202 g/mol. The van der Waals surface area contributed by atoms with Crippen LogP contribution in [0.2, 0.25) is 0 Å². The molecule has 0 spiro atoms. The highest BCUT2D eigenvalue weighted by atomic mass is 32.2. The molecule has 0 fully saturated rings. The largest absolute Gasteiger partial charge is 0.443 e. The molecule has 1 aliphatic heterocycles. The summed E-state index contributed by atoms with van der Waals surface area (Å²) in [6.45, 7) is 0. The third-order valence-electron chi connectivity index (χ3n) is 1.55. The number of nitriles is 1. The van der Waals surface area contributed by atoms with Gasteiger partial charge in [-0.15, -0.1) is 0 Å². The molecule has 0 saturated carbocycles. The zero-order valence-corrected chi connectivity index (χ0v) is 7.78. The number of carbonyl (C=O) groups excluding carboxylic acids is 1. The van der Waals surface area contributed by atoms with E-state index < -0.39 is 0 Å². The van der Waals surface area contributed by atoms with Crippen LogP contribution >= 0.6 is 11.8 Å². The third-order valence-corrected chi connectivity index (χ3v) is 2.48. The number of nitrogens with zero attached hydrogens (tertiary/aromatic N) is 1. The van der Waals surface area contributed by atoms with Gasteiger partial charge in [0.15, 0.2) is 10.5 Å². The quantitative estimate of drug-likeness (QED) is 0.690. The molecule has 0 radical (unpaired) electrons. The number of thioether (sulfide) groups is 1. The standard InChI is InChI=1S/C9H5NO3S/c10-5-6-1-3-8(12-6)14-9-4-2-7(11)13-9/h1-4,9H. The minimum Gasteiger partial charge on any atom is -0.443 e. The first-order valence-electron chi connectivity index (χ1n) is 3.83. The van der Waals surface area contributed by atoms with Crippen molar-refractivity contribution in [2.75, 3.05) is 0 Å². The van der Waals surface area contributed by atoms with Gasteiger partial charge in [0.1, 0.15) is 6.07 Å². The molecule has 1 aromatic rings. The van der Waals surface area contributed by atoms with Crippen LogP contribution in [-0.2, 0) is 9.53 Å². The molecule has 14 heavy (non-hydrogen) atoms. The summed E-state index contributed by atoms with van der Waals surface area (Å²) in [4.78, 5) is 10.7. The number of furan rings is 1. The molecule has 0 N–H and O–H groups in total. The number of cyclic esters (lactones) is 1. The predicted molar refractivity (Wildman–Crippen MR) is 48.3 cm³/mol. The first kappa shape index (κ1) is 8.91. The van der Waals surface area contributed by atoms with E-state index in [0.29, 0.717) is 5.09 Å². The van der Waals surface area contributed by atoms with Crippen molar-refractivity contribution in [3.8, 4) is 6.07 Å². The lowest BCUT2D eigenvalue weighted by molar-refractivity contribution is -0.135. The van der Waals surface area contributed by atoms with Gasteiger partial charge in [-0.2, -0.15) is 5.26 Å². The van der Waals surface area contributed by atoms with E-state index in [1.807, 2.05) is 6.07 Å². The molecule has 5 heteroatoms. The zero-order valence-electron chi connectivity index (χ0n) is 6.97. The van der Waals surface area contributed by atoms with E-state index in [-0.39, 0.29) is 17.2 Å². The molecule has 1 aliphatic rings. The van der Waals surface area contributed by atoms with Crippen molar-refractivity contribution in [1.29, 1.82) is 5.26 Å². The number of esters is 1. The fourth-order valence-corrected chi connectivity index (χ4v) is 1.79. The summed E-state index contributed by atoms with van der Waals surface area (Å²) >= 11 is 1.24. The highest BCUT2D eigenvalue weighted by Gasteiger charge is 2.19. The van der Waals surface area contributed by atoms with Crippen LogP contribution in [0.1, 0.15) is 5.76 Å². The fourth-order valence-electron chi connectivity index (χ4n) is 0.972. The van der Waals surface area contributed by atoms with Crippen molar-refractivity contribution < 1.29 is 13.9 Å². The summed E-state index contributed by atoms with van der Waals surface area (Å²) in [7, 11) is 0. The van der Waals surface area contributed by atoms with Gasteiger partial charge in [0.05, 0.1) is 0 Å². The maximum atomic E-state index is 10.7. The minimum atomic E-state index is -0.352. The molecule has 2 rings (SSSR count). The topological polar surface area (TPSA) is 63.2 Å². The van der Waals surface area contributed by atoms with Crippen molar-refractivity contribution in [2.45, 2.75) is 10.5 Å². The number of rotatable bonds is 2. The van der Waals surface area contributed by atoms with Gasteiger partial charge in [-0.3, -0.25) is 0 Å². The average Bonchev–Trinajstić information content (AvgIpc) is 2.76. The molecule has 0 saturated heterocycles. The van der Waals surface area contributed by atoms with Crippen LogP contribution in [0.5, 0.6) is 0 Å². The smallest absolute Gasteiger partial charge is 0.332 e. The molecule has 0 aliphatic carbocycles. The Hall–Kier alpha value is -1.67. The van der Waals surface area contributed by atoms with Crippen LogP contribution in [0.3, 0.4) is 0 Å². The van der Waals surface area contributed by atoms with Crippen molar-refractivity contribution in [2.24, 2.45) is 0 Å².